The monoisotopic (exact) mass is 265 g/mol. The van der Waals surface area contributed by atoms with Crippen molar-refractivity contribution in [3.63, 3.8) is 0 Å². The molecule has 108 valence electrons. The predicted molar refractivity (Wildman–Crippen MR) is 80.3 cm³/mol. The average Bonchev–Trinajstić information content (AvgIpc) is 2.93. The molecule has 2 heterocycles. The van der Waals surface area contributed by atoms with Gasteiger partial charge in [0.1, 0.15) is 5.82 Å². The molecule has 2 rings (SSSR count). The predicted octanol–water partition coefficient (Wildman–Crippen LogP) is 1.71. The lowest BCUT2D eigenvalue weighted by molar-refractivity contribution is 0.266. The number of nitrogens with one attached hydrogen (secondary N) is 1. The fourth-order valence-electron chi connectivity index (χ4n) is 2.81. The minimum Gasteiger partial charge on any atom is -0.394 e. The molecule has 1 atom stereocenters. The summed E-state index contributed by atoms with van der Waals surface area (Å²) in [5.41, 5.74) is 7.91. The van der Waals surface area contributed by atoms with Gasteiger partial charge in [0, 0.05) is 26.2 Å². The van der Waals surface area contributed by atoms with E-state index in [1.54, 1.807) is 0 Å². The quantitative estimate of drug-likeness (QED) is 0.851. The number of aryl methyl sites for hydroxylation is 2. The SMILES string of the molecule is CCc1nn(C)c(NCC2CCN(C(C)C)C2)c1N. The fourth-order valence-corrected chi connectivity index (χ4v) is 2.81. The summed E-state index contributed by atoms with van der Waals surface area (Å²) in [7, 11) is 1.95. The van der Waals surface area contributed by atoms with E-state index < -0.39 is 0 Å². The van der Waals surface area contributed by atoms with Crippen LogP contribution in [-0.2, 0) is 13.5 Å². The summed E-state index contributed by atoms with van der Waals surface area (Å²) in [6, 6.07) is 0.651. The van der Waals surface area contributed by atoms with Crippen LogP contribution in [0.5, 0.6) is 0 Å². The van der Waals surface area contributed by atoms with Gasteiger partial charge in [-0.05, 0) is 39.2 Å². The van der Waals surface area contributed by atoms with Crippen LogP contribution < -0.4 is 11.1 Å². The second kappa shape index (κ2) is 5.82. The molecule has 1 aliphatic heterocycles. The minimum atomic E-state index is 0.651. The molecule has 5 nitrogen and oxygen atoms in total. The van der Waals surface area contributed by atoms with Crippen LogP contribution in [-0.4, -0.2) is 40.4 Å². The molecule has 5 heteroatoms. The van der Waals surface area contributed by atoms with Gasteiger partial charge in [0.15, 0.2) is 0 Å². The maximum Gasteiger partial charge on any atom is 0.147 e. The van der Waals surface area contributed by atoms with Crippen molar-refractivity contribution in [2.24, 2.45) is 13.0 Å². The summed E-state index contributed by atoms with van der Waals surface area (Å²) in [6.07, 6.45) is 2.15. The minimum absolute atomic E-state index is 0.651. The highest BCUT2D eigenvalue weighted by Gasteiger charge is 2.24. The average molecular weight is 265 g/mol. The van der Waals surface area contributed by atoms with Crippen LogP contribution in [0.25, 0.3) is 0 Å². The van der Waals surface area contributed by atoms with Gasteiger partial charge in [-0.15, -0.1) is 0 Å². The summed E-state index contributed by atoms with van der Waals surface area (Å²) in [5, 5.41) is 7.92. The molecule has 1 aliphatic rings. The third kappa shape index (κ3) is 3.03. The zero-order valence-corrected chi connectivity index (χ0v) is 12.6. The molecular weight excluding hydrogens is 238 g/mol. The first kappa shape index (κ1) is 14.2. The summed E-state index contributed by atoms with van der Waals surface area (Å²) in [4.78, 5) is 2.54. The molecular formula is C14H27N5. The van der Waals surface area contributed by atoms with Crippen molar-refractivity contribution in [1.82, 2.24) is 14.7 Å². The zero-order chi connectivity index (χ0) is 14.0. The maximum atomic E-state index is 6.12. The third-order valence-corrected chi connectivity index (χ3v) is 4.10. The molecule has 0 amide bonds. The molecule has 0 aromatic carbocycles. The molecule has 0 saturated carbocycles. The molecule has 1 aromatic rings. The number of anilines is 2. The zero-order valence-electron chi connectivity index (χ0n) is 12.6. The van der Waals surface area contributed by atoms with E-state index in [1.165, 1.54) is 19.5 Å². The van der Waals surface area contributed by atoms with E-state index in [0.29, 0.717) is 12.0 Å². The number of likely N-dealkylation sites (tertiary alicyclic amines) is 1. The summed E-state index contributed by atoms with van der Waals surface area (Å²) in [6.45, 7) is 10.00. The number of rotatable bonds is 5. The van der Waals surface area contributed by atoms with Gasteiger partial charge >= 0.3 is 0 Å². The Morgan fingerprint density at radius 3 is 2.74 bits per heavy atom. The summed E-state index contributed by atoms with van der Waals surface area (Å²) >= 11 is 0. The van der Waals surface area contributed by atoms with Gasteiger partial charge in [-0.25, -0.2) is 0 Å². The number of hydrogen-bond acceptors (Lipinski definition) is 4. The lowest BCUT2D eigenvalue weighted by Crippen LogP contribution is -2.29. The maximum absolute atomic E-state index is 6.12. The van der Waals surface area contributed by atoms with Gasteiger partial charge < -0.3 is 16.0 Å². The molecule has 0 aliphatic carbocycles. The van der Waals surface area contributed by atoms with Crippen LogP contribution in [0.1, 0.15) is 32.9 Å². The normalized spacial score (nSPS) is 20.4. The number of nitrogens with two attached hydrogens (primary N) is 1. The highest BCUT2D eigenvalue weighted by Crippen LogP contribution is 2.24. The van der Waals surface area contributed by atoms with Crippen molar-refractivity contribution >= 4 is 11.5 Å². The fraction of sp³-hybridized carbons (Fsp3) is 0.786. The van der Waals surface area contributed by atoms with Crippen LogP contribution in [0.15, 0.2) is 0 Å². The standard InChI is InChI=1S/C14H27N5/c1-5-12-13(15)14(18(4)17-12)16-8-11-6-7-19(9-11)10(2)3/h10-11,16H,5-9,15H2,1-4H3. The van der Waals surface area contributed by atoms with Crippen molar-refractivity contribution < 1.29 is 0 Å². The van der Waals surface area contributed by atoms with Crippen LogP contribution >= 0.6 is 0 Å². The van der Waals surface area contributed by atoms with Crippen LogP contribution in [0.2, 0.25) is 0 Å². The highest BCUT2D eigenvalue weighted by molar-refractivity contribution is 5.65. The Hall–Kier alpha value is -1.23. The van der Waals surface area contributed by atoms with Crippen LogP contribution in [0.3, 0.4) is 0 Å². The van der Waals surface area contributed by atoms with Gasteiger partial charge in [0.05, 0.1) is 11.4 Å². The molecule has 1 aromatic heterocycles. The molecule has 1 fully saturated rings. The Balaban J connectivity index is 1.91. The molecule has 0 bridgehead atoms. The smallest absolute Gasteiger partial charge is 0.147 e. The van der Waals surface area contributed by atoms with Gasteiger partial charge in [0.25, 0.3) is 0 Å². The Labute approximate surface area is 116 Å². The lowest BCUT2D eigenvalue weighted by atomic mass is 10.1. The van der Waals surface area contributed by atoms with Crippen molar-refractivity contribution in [3.8, 4) is 0 Å². The van der Waals surface area contributed by atoms with Crippen LogP contribution in [0, 0.1) is 5.92 Å². The third-order valence-electron chi connectivity index (χ3n) is 4.10. The van der Waals surface area contributed by atoms with Gasteiger partial charge in [-0.1, -0.05) is 6.92 Å². The number of nitrogen functional groups attached to an aromatic ring is 1. The van der Waals surface area contributed by atoms with Gasteiger partial charge in [-0.3, -0.25) is 4.68 Å². The highest BCUT2D eigenvalue weighted by atomic mass is 15.3. The number of hydrogen-bond donors (Lipinski definition) is 2. The first-order valence-electron chi connectivity index (χ1n) is 7.32. The van der Waals surface area contributed by atoms with Crippen molar-refractivity contribution in [2.75, 3.05) is 30.7 Å². The number of nitrogens with zero attached hydrogens (tertiary/aromatic N) is 3. The molecule has 3 N–H and O–H groups in total. The van der Waals surface area contributed by atoms with E-state index in [4.69, 9.17) is 5.73 Å². The Morgan fingerprint density at radius 2 is 2.21 bits per heavy atom. The van der Waals surface area contributed by atoms with E-state index in [-0.39, 0.29) is 0 Å². The number of aromatic nitrogens is 2. The molecule has 1 unspecified atom stereocenters. The summed E-state index contributed by atoms with van der Waals surface area (Å²) < 4.78 is 1.86. The van der Waals surface area contributed by atoms with Gasteiger partial charge in [-0.2, -0.15) is 5.10 Å². The first-order chi connectivity index (χ1) is 9.02. The van der Waals surface area contributed by atoms with E-state index in [2.05, 4.69) is 36.1 Å². The molecule has 19 heavy (non-hydrogen) atoms. The first-order valence-corrected chi connectivity index (χ1v) is 7.32. The van der Waals surface area contributed by atoms with E-state index in [1.807, 2.05) is 11.7 Å². The Bertz CT molecular complexity index is 424. The second-order valence-electron chi connectivity index (χ2n) is 5.81. The molecule has 0 radical (unpaired) electrons. The Kier molecular flexibility index (Phi) is 4.34. The molecule has 1 saturated heterocycles. The van der Waals surface area contributed by atoms with Crippen molar-refractivity contribution in [1.29, 1.82) is 0 Å². The lowest BCUT2D eigenvalue weighted by Gasteiger charge is -2.20. The topological polar surface area (TPSA) is 59.1 Å². The molecule has 0 spiro atoms. The van der Waals surface area contributed by atoms with E-state index in [0.717, 1.165) is 30.2 Å². The Morgan fingerprint density at radius 1 is 1.47 bits per heavy atom. The van der Waals surface area contributed by atoms with E-state index >= 15 is 0 Å². The summed E-state index contributed by atoms with van der Waals surface area (Å²) in [5.74, 6) is 1.68. The van der Waals surface area contributed by atoms with Gasteiger partial charge in [0.2, 0.25) is 0 Å². The second-order valence-corrected chi connectivity index (χ2v) is 5.81. The van der Waals surface area contributed by atoms with E-state index in [9.17, 15) is 0 Å². The largest absolute Gasteiger partial charge is 0.394 e. The van der Waals surface area contributed by atoms with Crippen LogP contribution in [0.4, 0.5) is 11.5 Å². The van der Waals surface area contributed by atoms with Crippen molar-refractivity contribution in [2.45, 2.75) is 39.7 Å². The van der Waals surface area contributed by atoms with Crippen molar-refractivity contribution in [3.05, 3.63) is 5.69 Å².